The zero-order valence-electron chi connectivity index (χ0n) is 15.1. The molecule has 26 heavy (non-hydrogen) atoms. The summed E-state index contributed by atoms with van der Waals surface area (Å²) in [5.41, 5.74) is 3.11. The molecular weight excluding hydrogens is 326 g/mol. The van der Waals surface area contributed by atoms with E-state index >= 15 is 0 Å². The molecule has 0 atom stereocenters. The third-order valence-electron chi connectivity index (χ3n) is 5.04. The molecule has 3 aromatic rings. The van der Waals surface area contributed by atoms with Crippen LogP contribution >= 0.6 is 0 Å². The molecule has 136 valence electrons. The Kier molecular flexibility index (Phi) is 5.18. The van der Waals surface area contributed by atoms with Crippen molar-refractivity contribution >= 4 is 11.1 Å². The van der Waals surface area contributed by atoms with Crippen molar-refractivity contribution in [2.75, 3.05) is 20.2 Å². The molecule has 1 aromatic heterocycles. The predicted octanol–water partition coefficient (Wildman–Crippen LogP) is 3.59. The van der Waals surface area contributed by atoms with Crippen LogP contribution < -0.4 is 10.1 Å². The number of oxazole rings is 1. The van der Waals surface area contributed by atoms with Crippen LogP contribution in [0.1, 0.15) is 24.3 Å². The number of methoxy groups -OCH3 is 1. The number of likely N-dealkylation sites (tertiary alicyclic amines) is 1. The van der Waals surface area contributed by atoms with Gasteiger partial charge in [0.05, 0.1) is 13.7 Å². The Morgan fingerprint density at radius 1 is 1.12 bits per heavy atom. The van der Waals surface area contributed by atoms with Crippen LogP contribution in [0.2, 0.25) is 0 Å². The summed E-state index contributed by atoms with van der Waals surface area (Å²) in [6.45, 7) is 3.83. The molecule has 1 saturated heterocycles. The van der Waals surface area contributed by atoms with Gasteiger partial charge in [0.2, 0.25) is 5.89 Å². The van der Waals surface area contributed by atoms with E-state index in [-0.39, 0.29) is 0 Å². The van der Waals surface area contributed by atoms with Gasteiger partial charge in [-0.3, -0.25) is 4.90 Å². The Hall–Kier alpha value is -2.37. The number of nitrogens with zero attached hydrogens (tertiary/aromatic N) is 2. The highest BCUT2D eigenvalue weighted by atomic mass is 16.5. The smallest absolute Gasteiger partial charge is 0.209 e. The van der Waals surface area contributed by atoms with Gasteiger partial charge in [-0.1, -0.05) is 24.3 Å². The number of para-hydroxylation sites is 2. The third-order valence-corrected chi connectivity index (χ3v) is 5.04. The van der Waals surface area contributed by atoms with Crippen LogP contribution in [-0.4, -0.2) is 36.1 Å². The molecule has 5 heteroatoms. The number of hydrogen-bond acceptors (Lipinski definition) is 5. The number of hydrogen-bond donors (Lipinski definition) is 1. The summed E-state index contributed by atoms with van der Waals surface area (Å²) in [4.78, 5) is 7.01. The molecule has 0 aliphatic carbocycles. The Morgan fingerprint density at radius 3 is 2.62 bits per heavy atom. The van der Waals surface area contributed by atoms with Gasteiger partial charge < -0.3 is 14.5 Å². The minimum Gasteiger partial charge on any atom is -0.497 e. The topological polar surface area (TPSA) is 50.5 Å². The minimum atomic E-state index is 0.567. The average molecular weight is 351 g/mol. The van der Waals surface area contributed by atoms with Crippen LogP contribution in [0.5, 0.6) is 5.75 Å². The molecule has 1 N–H and O–H groups in total. The number of nitrogens with one attached hydrogen (secondary N) is 1. The van der Waals surface area contributed by atoms with Crippen LogP contribution in [0, 0.1) is 0 Å². The molecule has 1 fully saturated rings. The van der Waals surface area contributed by atoms with Crippen molar-refractivity contribution in [2.45, 2.75) is 32.0 Å². The molecule has 2 heterocycles. The molecule has 5 nitrogen and oxygen atoms in total. The molecule has 0 saturated carbocycles. The summed E-state index contributed by atoms with van der Waals surface area (Å²) >= 11 is 0. The van der Waals surface area contributed by atoms with E-state index in [0.29, 0.717) is 6.04 Å². The molecule has 0 unspecified atom stereocenters. The maximum absolute atomic E-state index is 5.84. The van der Waals surface area contributed by atoms with Gasteiger partial charge in [0.25, 0.3) is 0 Å². The van der Waals surface area contributed by atoms with E-state index in [1.807, 2.05) is 36.4 Å². The molecule has 0 bridgehead atoms. The first-order chi connectivity index (χ1) is 12.8. The van der Waals surface area contributed by atoms with Crippen LogP contribution in [0.3, 0.4) is 0 Å². The maximum Gasteiger partial charge on any atom is 0.209 e. The van der Waals surface area contributed by atoms with Crippen molar-refractivity contribution in [1.29, 1.82) is 0 Å². The lowest BCUT2D eigenvalue weighted by Gasteiger charge is -2.31. The average Bonchev–Trinajstić information content (AvgIpc) is 3.10. The summed E-state index contributed by atoms with van der Waals surface area (Å²) in [6, 6.07) is 16.8. The fourth-order valence-corrected chi connectivity index (χ4v) is 3.48. The second-order valence-electron chi connectivity index (χ2n) is 6.85. The van der Waals surface area contributed by atoms with E-state index in [0.717, 1.165) is 61.8 Å². The molecule has 2 aromatic carbocycles. The van der Waals surface area contributed by atoms with Gasteiger partial charge in [-0.15, -0.1) is 0 Å². The maximum atomic E-state index is 5.84. The molecule has 1 aliphatic rings. The van der Waals surface area contributed by atoms with Gasteiger partial charge in [-0.25, -0.2) is 4.98 Å². The molecule has 0 radical (unpaired) electrons. The van der Waals surface area contributed by atoms with Gasteiger partial charge in [-0.05, 0) is 42.7 Å². The first-order valence-electron chi connectivity index (χ1n) is 9.23. The van der Waals surface area contributed by atoms with E-state index in [2.05, 4.69) is 27.3 Å². The number of fused-ring (bicyclic) bond motifs is 1. The van der Waals surface area contributed by atoms with Gasteiger partial charge >= 0.3 is 0 Å². The standard InChI is InChI=1S/C21H25N3O2/c1-25-18-8-6-16(7-9-18)14-22-17-10-12-24(13-11-17)15-21-23-19-4-2-3-5-20(19)26-21/h2-9,17,22H,10-15H2,1H3. The Bertz CT molecular complexity index is 803. The number of piperidine rings is 1. The van der Waals surface area contributed by atoms with E-state index in [1.165, 1.54) is 5.56 Å². The van der Waals surface area contributed by atoms with Gasteiger partial charge in [0, 0.05) is 25.7 Å². The number of aromatic nitrogens is 1. The van der Waals surface area contributed by atoms with Crippen molar-refractivity contribution in [2.24, 2.45) is 0 Å². The largest absolute Gasteiger partial charge is 0.497 e. The van der Waals surface area contributed by atoms with Gasteiger partial charge in [-0.2, -0.15) is 0 Å². The van der Waals surface area contributed by atoms with Crippen LogP contribution in [-0.2, 0) is 13.1 Å². The zero-order chi connectivity index (χ0) is 17.8. The number of rotatable bonds is 6. The second-order valence-corrected chi connectivity index (χ2v) is 6.85. The summed E-state index contributed by atoms with van der Waals surface area (Å²) in [5, 5.41) is 3.67. The summed E-state index contributed by atoms with van der Waals surface area (Å²) in [7, 11) is 1.70. The summed E-state index contributed by atoms with van der Waals surface area (Å²) in [5.74, 6) is 1.72. The summed E-state index contributed by atoms with van der Waals surface area (Å²) in [6.07, 6.45) is 2.30. The Labute approximate surface area is 154 Å². The highest BCUT2D eigenvalue weighted by Gasteiger charge is 2.20. The van der Waals surface area contributed by atoms with E-state index in [1.54, 1.807) is 7.11 Å². The van der Waals surface area contributed by atoms with Gasteiger partial charge in [0.15, 0.2) is 5.58 Å². The molecule has 0 amide bonds. The normalized spacial score (nSPS) is 16.2. The van der Waals surface area contributed by atoms with E-state index in [9.17, 15) is 0 Å². The lowest BCUT2D eigenvalue weighted by atomic mass is 10.0. The lowest BCUT2D eigenvalue weighted by Crippen LogP contribution is -2.41. The zero-order valence-corrected chi connectivity index (χ0v) is 15.1. The first-order valence-corrected chi connectivity index (χ1v) is 9.23. The van der Waals surface area contributed by atoms with E-state index < -0.39 is 0 Å². The molecule has 1 aliphatic heterocycles. The highest BCUT2D eigenvalue weighted by molar-refractivity contribution is 5.72. The monoisotopic (exact) mass is 351 g/mol. The SMILES string of the molecule is COc1ccc(CNC2CCN(Cc3nc4ccccc4o3)CC2)cc1. The minimum absolute atomic E-state index is 0.567. The molecular formula is C21H25N3O2. The van der Waals surface area contributed by atoms with Gasteiger partial charge in [0.1, 0.15) is 11.3 Å². The third kappa shape index (κ3) is 4.06. The molecule has 4 rings (SSSR count). The van der Waals surface area contributed by atoms with Crippen molar-refractivity contribution in [3.05, 3.63) is 60.0 Å². The Morgan fingerprint density at radius 2 is 1.88 bits per heavy atom. The lowest BCUT2D eigenvalue weighted by molar-refractivity contribution is 0.176. The quantitative estimate of drug-likeness (QED) is 0.735. The summed E-state index contributed by atoms with van der Waals surface area (Å²) < 4.78 is 11.0. The number of benzene rings is 2. The van der Waals surface area contributed by atoms with Crippen LogP contribution in [0.4, 0.5) is 0 Å². The van der Waals surface area contributed by atoms with Crippen LogP contribution in [0.25, 0.3) is 11.1 Å². The van der Waals surface area contributed by atoms with E-state index in [4.69, 9.17) is 9.15 Å². The molecule has 0 spiro atoms. The number of ether oxygens (including phenoxy) is 1. The van der Waals surface area contributed by atoms with Crippen molar-refractivity contribution in [3.8, 4) is 5.75 Å². The highest BCUT2D eigenvalue weighted by Crippen LogP contribution is 2.19. The predicted molar refractivity (Wildman–Crippen MR) is 102 cm³/mol. The van der Waals surface area contributed by atoms with Crippen molar-refractivity contribution < 1.29 is 9.15 Å². The fraction of sp³-hybridized carbons (Fsp3) is 0.381. The Balaban J connectivity index is 1.24. The first kappa shape index (κ1) is 17.1. The van der Waals surface area contributed by atoms with Crippen molar-refractivity contribution in [1.82, 2.24) is 15.2 Å². The van der Waals surface area contributed by atoms with Crippen LogP contribution in [0.15, 0.2) is 52.9 Å². The van der Waals surface area contributed by atoms with Crippen molar-refractivity contribution in [3.63, 3.8) is 0 Å². The second kappa shape index (κ2) is 7.89. The fourth-order valence-electron chi connectivity index (χ4n) is 3.48.